The van der Waals surface area contributed by atoms with E-state index in [-0.39, 0.29) is 5.91 Å². The van der Waals surface area contributed by atoms with E-state index in [0.717, 1.165) is 11.0 Å². The van der Waals surface area contributed by atoms with Gasteiger partial charge >= 0.3 is 0 Å². The van der Waals surface area contributed by atoms with Gasteiger partial charge in [-0.05, 0) is 47.3 Å². The van der Waals surface area contributed by atoms with Crippen molar-refractivity contribution >= 4 is 21.8 Å². The SMILES string of the molecule is CC(C)CCNC(=O)C(C)Oc1ccc(Br)nc1. The zero-order chi connectivity index (χ0) is 13.5. The number of halogens is 1. The number of carbonyl (C=O) groups excluding carboxylic acids is 1. The summed E-state index contributed by atoms with van der Waals surface area (Å²) in [7, 11) is 0. The Morgan fingerprint density at radius 3 is 2.72 bits per heavy atom. The van der Waals surface area contributed by atoms with E-state index in [9.17, 15) is 4.79 Å². The van der Waals surface area contributed by atoms with Gasteiger partial charge in [0, 0.05) is 6.54 Å². The first-order chi connectivity index (χ1) is 8.49. The topological polar surface area (TPSA) is 51.2 Å². The maximum atomic E-state index is 11.7. The summed E-state index contributed by atoms with van der Waals surface area (Å²) in [6, 6.07) is 3.55. The molecule has 18 heavy (non-hydrogen) atoms. The standard InChI is InChI=1S/C13H19BrN2O2/c1-9(2)6-7-15-13(17)10(3)18-11-4-5-12(14)16-8-11/h4-5,8-10H,6-7H2,1-3H3,(H,15,17). The van der Waals surface area contributed by atoms with Gasteiger partial charge < -0.3 is 10.1 Å². The number of nitrogens with zero attached hydrogens (tertiary/aromatic N) is 1. The van der Waals surface area contributed by atoms with Gasteiger partial charge in [-0.15, -0.1) is 0 Å². The number of rotatable bonds is 6. The smallest absolute Gasteiger partial charge is 0.260 e. The molecule has 1 rings (SSSR count). The van der Waals surface area contributed by atoms with Crippen molar-refractivity contribution in [3.63, 3.8) is 0 Å². The first kappa shape index (κ1) is 15.0. The molecule has 0 aliphatic heterocycles. The van der Waals surface area contributed by atoms with E-state index in [4.69, 9.17) is 4.74 Å². The minimum atomic E-state index is -0.514. The van der Waals surface area contributed by atoms with E-state index >= 15 is 0 Å². The van der Waals surface area contributed by atoms with E-state index in [2.05, 4.69) is 40.1 Å². The summed E-state index contributed by atoms with van der Waals surface area (Å²) in [6.45, 7) is 6.66. The summed E-state index contributed by atoms with van der Waals surface area (Å²) in [5, 5.41) is 2.85. The van der Waals surface area contributed by atoms with Crippen LogP contribution in [0.5, 0.6) is 5.75 Å². The minimum absolute atomic E-state index is 0.0985. The molecule has 0 radical (unpaired) electrons. The van der Waals surface area contributed by atoms with Crippen LogP contribution in [0.15, 0.2) is 22.9 Å². The van der Waals surface area contributed by atoms with Crippen molar-refractivity contribution in [2.24, 2.45) is 5.92 Å². The molecular weight excluding hydrogens is 296 g/mol. The highest BCUT2D eigenvalue weighted by molar-refractivity contribution is 9.10. The van der Waals surface area contributed by atoms with Gasteiger partial charge in [0.2, 0.25) is 0 Å². The van der Waals surface area contributed by atoms with Crippen LogP contribution in [-0.4, -0.2) is 23.5 Å². The lowest BCUT2D eigenvalue weighted by atomic mass is 10.1. The fraction of sp³-hybridized carbons (Fsp3) is 0.538. The highest BCUT2D eigenvalue weighted by Gasteiger charge is 2.14. The zero-order valence-corrected chi connectivity index (χ0v) is 12.5. The number of aromatic nitrogens is 1. The summed E-state index contributed by atoms with van der Waals surface area (Å²) >= 11 is 3.24. The Labute approximate surface area is 116 Å². The lowest BCUT2D eigenvalue weighted by Crippen LogP contribution is -2.37. The Bertz CT molecular complexity index is 379. The van der Waals surface area contributed by atoms with Crippen molar-refractivity contribution in [2.45, 2.75) is 33.3 Å². The van der Waals surface area contributed by atoms with Crippen LogP contribution >= 0.6 is 15.9 Å². The molecule has 0 saturated carbocycles. The molecule has 0 spiro atoms. The molecule has 1 atom stereocenters. The quantitative estimate of drug-likeness (QED) is 0.821. The number of hydrogen-bond acceptors (Lipinski definition) is 3. The third-order valence-electron chi connectivity index (χ3n) is 2.40. The maximum Gasteiger partial charge on any atom is 0.260 e. The van der Waals surface area contributed by atoms with Crippen molar-refractivity contribution < 1.29 is 9.53 Å². The third-order valence-corrected chi connectivity index (χ3v) is 2.87. The highest BCUT2D eigenvalue weighted by Crippen LogP contribution is 2.14. The van der Waals surface area contributed by atoms with E-state index in [1.54, 1.807) is 25.3 Å². The van der Waals surface area contributed by atoms with Crippen molar-refractivity contribution in [3.8, 4) is 5.75 Å². The normalized spacial score (nSPS) is 12.3. The Morgan fingerprint density at radius 1 is 1.44 bits per heavy atom. The van der Waals surface area contributed by atoms with Crippen LogP contribution in [0.1, 0.15) is 27.2 Å². The Balaban J connectivity index is 2.37. The molecule has 1 N–H and O–H groups in total. The molecule has 0 saturated heterocycles. The maximum absolute atomic E-state index is 11.7. The van der Waals surface area contributed by atoms with Crippen LogP contribution in [-0.2, 0) is 4.79 Å². The Morgan fingerprint density at radius 2 is 2.17 bits per heavy atom. The van der Waals surface area contributed by atoms with Gasteiger partial charge in [0.05, 0.1) is 6.20 Å². The Kier molecular flexibility index (Phi) is 6.12. The lowest BCUT2D eigenvalue weighted by molar-refractivity contribution is -0.127. The van der Waals surface area contributed by atoms with Gasteiger partial charge in [0.1, 0.15) is 10.4 Å². The second-order valence-electron chi connectivity index (χ2n) is 4.55. The van der Waals surface area contributed by atoms with Gasteiger partial charge in [0.25, 0.3) is 5.91 Å². The molecule has 5 heteroatoms. The van der Waals surface area contributed by atoms with Crippen LogP contribution < -0.4 is 10.1 Å². The molecule has 4 nitrogen and oxygen atoms in total. The number of pyridine rings is 1. The van der Waals surface area contributed by atoms with Crippen LogP contribution in [0, 0.1) is 5.92 Å². The summed E-state index contributed by atoms with van der Waals surface area (Å²) in [5.41, 5.74) is 0. The molecule has 0 fully saturated rings. The average Bonchev–Trinajstić information content (AvgIpc) is 2.31. The first-order valence-electron chi connectivity index (χ1n) is 6.05. The number of amides is 1. The fourth-order valence-corrected chi connectivity index (χ4v) is 1.55. The molecule has 1 heterocycles. The predicted molar refractivity (Wildman–Crippen MR) is 74.5 cm³/mol. The van der Waals surface area contributed by atoms with E-state index in [1.165, 1.54) is 0 Å². The monoisotopic (exact) mass is 314 g/mol. The predicted octanol–water partition coefficient (Wildman–Crippen LogP) is 2.77. The summed E-state index contributed by atoms with van der Waals surface area (Å²) in [4.78, 5) is 15.8. The van der Waals surface area contributed by atoms with Crippen molar-refractivity contribution in [1.82, 2.24) is 10.3 Å². The highest BCUT2D eigenvalue weighted by atomic mass is 79.9. The largest absolute Gasteiger partial charge is 0.479 e. The molecule has 0 aromatic carbocycles. The molecule has 0 aliphatic carbocycles. The van der Waals surface area contributed by atoms with Crippen molar-refractivity contribution in [1.29, 1.82) is 0 Å². The molecule has 1 amide bonds. The third kappa shape index (κ3) is 5.49. The van der Waals surface area contributed by atoms with Crippen molar-refractivity contribution in [3.05, 3.63) is 22.9 Å². The van der Waals surface area contributed by atoms with Crippen LogP contribution in [0.3, 0.4) is 0 Å². The second-order valence-corrected chi connectivity index (χ2v) is 5.36. The summed E-state index contributed by atoms with van der Waals surface area (Å²) < 4.78 is 6.23. The number of nitrogens with one attached hydrogen (secondary N) is 1. The van der Waals surface area contributed by atoms with Gasteiger partial charge in [-0.2, -0.15) is 0 Å². The number of carbonyl (C=O) groups is 1. The lowest BCUT2D eigenvalue weighted by Gasteiger charge is -2.15. The van der Waals surface area contributed by atoms with E-state index in [1.807, 2.05) is 0 Å². The minimum Gasteiger partial charge on any atom is -0.479 e. The van der Waals surface area contributed by atoms with Gasteiger partial charge in [-0.3, -0.25) is 4.79 Å². The van der Waals surface area contributed by atoms with Crippen LogP contribution in [0.4, 0.5) is 0 Å². The van der Waals surface area contributed by atoms with Gasteiger partial charge in [0.15, 0.2) is 6.10 Å². The second kappa shape index (κ2) is 7.36. The molecule has 100 valence electrons. The van der Waals surface area contributed by atoms with E-state index < -0.39 is 6.10 Å². The fourth-order valence-electron chi connectivity index (χ4n) is 1.32. The van der Waals surface area contributed by atoms with Gasteiger partial charge in [-0.1, -0.05) is 13.8 Å². The van der Waals surface area contributed by atoms with Gasteiger partial charge in [-0.25, -0.2) is 4.98 Å². The molecule has 0 aliphatic rings. The molecule has 0 bridgehead atoms. The summed E-state index contributed by atoms with van der Waals surface area (Å²) in [5.74, 6) is 1.07. The first-order valence-corrected chi connectivity index (χ1v) is 6.84. The van der Waals surface area contributed by atoms with Crippen LogP contribution in [0.2, 0.25) is 0 Å². The number of ether oxygens (including phenoxy) is 1. The molecular formula is C13H19BrN2O2. The van der Waals surface area contributed by atoms with Crippen molar-refractivity contribution in [2.75, 3.05) is 6.54 Å². The zero-order valence-electron chi connectivity index (χ0n) is 10.9. The number of hydrogen-bond donors (Lipinski definition) is 1. The molecule has 1 unspecified atom stereocenters. The molecule has 1 aromatic rings. The molecule has 1 aromatic heterocycles. The Hall–Kier alpha value is -1.10. The summed E-state index contributed by atoms with van der Waals surface area (Å²) in [6.07, 6.45) is 2.04. The van der Waals surface area contributed by atoms with E-state index in [0.29, 0.717) is 18.2 Å². The average molecular weight is 315 g/mol. The van der Waals surface area contributed by atoms with Crippen LogP contribution in [0.25, 0.3) is 0 Å².